The molecule has 2 aromatic heterocycles. The molecule has 1 aromatic carbocycles. The molecule has 0 radical (unpaired) electrons. The second-order valence-electron chi connectivity index (χ2n) is 4.22. The highest BCUT2D eigenvalue weighted by atomic mass is 32.1. The molecule has 0 atom stereocenters. The van der Waals surface area contributed by atoms with E-state index < -0.39 is 5.76 Å². The van der Waals surface area contributed by atoms with Crippen LogP contribution in [0.2, 0.25) is 0 Å². The maximum atomic E-state index is 12.0. The smallest absolute Gasteiger partial charge is 0.321 e. The SMILES string of the molecule is Cc1ncc(C(=O)Nc2cccc(-c3noc(=O)[nH]3)c2)s1. The van der Waals surface area contributed by atoms with Crippen molar-refractivity contribution in [1.82, 2.24) is 15.1 Å². The van der Waals surface area contributed by atoms with Crippen LogP contribution in [0, 0.1) is 6.92 Å². The van der Waals surface area contributed by atoms with E-state index in [1.165, 1.54) is 17.5 Å². The first-order chi connectivity index (χ1) is 10.1. The standard InChI is InChI=1S/C13H10N4O3S/c1-7-14-6-10(21-7)12(18)15-9-4-2-3-8(5-9)11-16-13(19)20-17-11/h2-6H,1H3,(H,15,18)(H,16,17,19). The van der Waals surface area contributed by atoms with Crippen LogP contribution in [0.25, 0.3) is 11.4 Å². The Hall–Kier alpha value is -2.74. The van der Waals surface area contributed by atoms with Crippen LogP contribution in [-0.2, 0) is 0 Å². The minimum Gasteiger partial charge on any atom is -0.321 e. The minimum atomic E-state index is -0.625. The quantitative estimate of drug-likeness (QED) is 0.771. The van der Waals surface area contributed by atoms with Crippen LogP contribution in [0.1, 0.15) is 14.7 Å². The molecule has 1 amide bonds. The summed E-state index contributed by atoms with van der Waals surface area (Å²) >= 11 is 1.32. The molecule has 0 saturated carbocycles. The van der Waals surface area contributed by atoms with E-state index >= 15 is 0 Å². The summed E-state index contributed by atoms with van der Waals surface area (Å²) in [7, 11) is 0. The molecular weight excluding hydrogens is 292 g/mol. The summed E-state index contributed by atoms with van der Waals surface area (Å²) in [5.41, 5.74) is 1.23. The highest BCUT2D eigenvalue weighted by molar-refractivity contribution is 7.13. The molecule has 3 aromatic rings. The Labute approximate surface area is 122 Å². The van der Waals surface area contributed by atoms with Gasteiger partial charge in [-0.3, -0.25) is 14.3 Å². The summed E-state index contributed by atoms with van der Waals surface area (Å²) in [4.78, 5) is 30.0. The normalized spacial score (nSPS) is 10.5. The molecule has 0 aliphatic carbocycles. The molecule has 2 heterocycles. The predicted molar refractivity (Wildman–Crippen MR) is 77.4 cm³/mol. The number of aryl methyl sites for hydroxylation is 1. The van der Waals surface area contributed by atoms with Gasteiger partial charge in [0.1, 0.15) is 4.88 Å². The largest absolute Gasteiger partial charge is 0.439 e. The number of carbonyl (C=O) groups is 1. The van der Waals surface area contributed by atoms with E-state index in [0.717, 1.165) is 5.01 Å². The van der Waals surface area contributed by atoms with Gasteiger partial charge in [-0.25, -0.2) is 9.78 Å². The average Bonchev–Trinajstić information content (AvgIpc) is 3.08. The van der Waals surface area contributed by atoms with Gasteiger partial charge in [-0.05, 0) is 19.1 Å². The summed E-state index contributed by atoms with van der Waals surface area (Å²) in [5, 5.41) is 7.20. The van der Waals surface area contributed by atoms with Gasteiger partial charge in [-0.2, -0.15) is 0 Å². The Bertz CT molecular complexity index is 849. The lowest BCUT2D eigenvalue weighted by Crippen LogP contribution is -2.10. The van der Waals surface area contributed by atoms with Crippen molar-refractivity contribution >= 4 is 22.9 Å². The van der Waals surface area contributed by atoms with Crippen LogP contribution < -0.4 is 11.1 Å². The Morgan fingerprint density at radius 3 is 2.95 bits per heavy atom. The van der Waals surface area contributed by atoms with Crippen molar-refractivity contribution < 1.29 is 9.32 Å². The van der Waals surface area contributed by atoms with Gasteiger partial charge < -0.3 is 5.32 Å². The molecule has 2 N–H and O–H groups in total. The van der Waals surface area contributed by atoms with Crippen LogP contribution in [0.3, 0.4) is 0 Å². The van der Waals surface area contributed by atoms with Gasteiger partial charge in [0.05, 0.1) is 11.2 Å². The highest BCUT2D eigenvalue weighted by Gasteiger charge is 2.10. The van der Waals surface area contributed by atoms with Crippen LogP contribution in [0.15, 0.2) is 39.8 Å². The first-order valence-electron chi connectivity index (χ1n) is 6.02. The van der Waals surface area contributed by atoms with E-state index in [9.17, 15) is 9.59 Å². The number of aromatic nitrogens is 3. The fourth-order valence-electron chi connectivity index (χ4n) is 1.76. The lowest BCUT2D eigenvalue weighted by Gasteiger charge is -2.04. The number of thiazole rings is 1. The van der Waals surface area contributed by atoms with Crippen LogP contribution in [-0.4, -0.2) is 21.0 Å². The van der Waals surface area contributed by atoms with Crippen molar-refractivity contribution in [2.45, 2.75) is 6.92 Å². The first-order valence-corrected chi connectivity index (χ1v) is 6.84. The molecule has 106 valence electrons. The Balaban J connectivity index is 1.83. The van der Waals surface area contributed by atoms with Gasteiger partial charge in [0.25, 0.3) is 5.91 Å². The molecular formula is C13H10N4O3S. The summed E-state index contributed by atoms with van der Waals surface area (Å²) in [6, 6.07) is 6.93. The average molecular weight is 302 g/mol. The summed E-state index contributed by atoms with van der Waals surface area (Å²) < 4.78 is 4.46. The van der Waals surface area contributed by atoms with Crippen LogP contribution >= 0.6 is 11.3 Å². The van der Waals surface area contributed by atoms with Crippen molar-refractivity contribution in [3.05, 3.63) is 50.9 Å². The fourth-order valence-corrected chi connectivity index (χ4v) is 2.43. The molecule has 0 aliphatic heterocycles. The molecule has 0 spiro atoms. The number of anilines is 1. The van der Waals surface area contributed by atoms with E-state index in [2.05, 4.69) is 25.0 Å². The van der Waals surface area contributed by atoms with E-state index in [1.54, 1.807) is 24.3 Å². The second-order valence-corrected chi connectivity index (χ2v) is 5.46. The van der Waals surface area contributed by atoms with E-state index in [1.807, 2.05) is 6.92 Å². The van der Waals surface area contributed by atoms with Crippen LogP contribution in [0.4, 0.5) is 5.69 Å². The molecule has 7 nitrogen and oxygen atoms in total. The van der Waals surface area contributed by atoms with E-state index in [0.29, 0.717) is 22.0 Å². The summed E-state index contributed by atoms with van der Waals surface area (Å²) in [6.45, 7) is 1.84. The van der Waals surface area contributed by atoms with E-state index in [4.69, 9.17) is 0 Å². The Morgan fingerprint density at radius 1 is 1.43 bits per heavy atom. The summed E-state index contributed by atoms with van der Waals surface area (Å²) in [5.74, 6) is -0.546. The van der Waals surface area contributed by atoms with Crippen LogP contribution in [0.5, 0.6) is 0 Å². The van der Waals surface area contributed by atoms with Crippen molar-refractivity contribution in [2.24, 2.45) is 0 Å². The molecule has 3 rings (SSSR count). The zero-order valence-corrected chi connectivity index (χ0v) is 11.7. The third kappa shape index (κ3) is 2.90. The van der Waals surface area contributed by atoms with Crippen molar-refractivity contribution in [2.75, 3.05) is 5.32 Å². The first kappa shape index (κ1) is 13.3. The van der Waals surface area contributed by atoms with Gasteiger partial charge >= 0.3 is 5.76 Å². The zero-order valence-electron chi connectivity index (χ0n) is 10.9. The van der Waals surface area contributed by atoms with Crippen molar-refractivity contribution in [1.29, 1.82) is 0 Å². The number of rotatable bonds is 3. The number of aromatic amines is 1. The molecule has 0 bridgehead atoms. The summed E-state index contributed by atoms with van der Waals surface area (Å²) in [6.07, 6.45) is 1.54. The lowest BCUT2D eigenvalue weighted by atomic mass is 10.2. The molecule has 0 unspecified atom stereocenters. The monoisotopic (exact) mass is 302 g/mol. The molecule has 0 saturated heterocycles. The van der Waals surface area contributed by atoms with E-state index in [-0.39, 0.29) is 5.91 Å². The second kappa shape index (κ2) is 5.33. The van der Waals surface area contributed by atoms with Crippen molar-refractivity contribution in [3.63, 3.8) is 0 Å². The molecule has 0 aliphatic rings. The zero-order chi connectivity index (χ0) is 14.8. The number of benzene rings is 1. The predicted octanol–water partition coefficient (Wildman–Crippen LogP) is 2.05. The number of hydrogen-bond acceptors (Lipinski definition) is 6. The highest BCUT2D eigenvalue weighted by Crippen LogP contribution is 2.20. The Morgan fingerprint density at radius 2 is 2.29 bits per heavy atom. The number of carbonyl (C=O) groups excluding carboxylic acids is 1. The van der Waals surface area contributed by atoms with Gasteiger partial charge in [0.2, 0.25) is 0 Å². The maximum absolute atomic E-state index is 12.0. The van der Waals surface area contributed by atoms with Gasteiger partial charge in [0.15, 0.2) is 5.82 Å². The third-order valence-electron chi connectivity index (χ3n) is 2.68. The van der Waals surface area contributed by atoms with Gasteiger partial charge in [-0.15, -0.1) is 11.3 Å². The fraction of sp³-hybridized carbons (Fsp3) is 0.0769. The number of H-pyrrole nitrogens is 1. The third-order valence-corrected chi connectivity index (χ3v) is 3.59. The number of nitrogens with one attached hydrogen (secondary N) is 2. The topological polar surface area (TPSA) is 101 Å². The number of nitrogens with zero attached hydrogens (tertiary/aromatic N) is 2. The molecule has 8 heteroatoms. The minimum absolute atomic E-state index is 0.230. The maximum Gasteiger partial charge on any atom is 0.439 e. The molecule has 21 heavy (non-hydrogen) atoms. The number of amides is 1. The number of hydrogen-bond donors (Lipinski definition) is 2. The lowest BCUT2D eigenvalue weighted by molar-refractivity contribution is 0.103. The Kier molecular flexibility index (Phi) is 3.36. The van der Waals surface area contributed by atoms with Gasteiger partial charge in [0, 0.05) is 11.3 Å². The van der Waals surface area contributed by atoms with Crippen molar-refractivity contribution in [3.8, 4) is 11.4 Å². The van der Waals surface area contributed by atoms with Gasteiger partial charge in [-0.1, -0.05) is 17.3 Å². The molecule has 0 fully saturated rings.